The van der Waals surface area contributed by atoms with Gasteiger partial charge in [0.05, 0.1) is 19.1 Å². The minimum absolute atomic E-state index is 0.168. The summed E-state index contributed by atoms with van der Waals surface area (Å²) in [6, 6.07) is -2.30. The summed E-state index contributed by atoms with van der Waals surface area (Å²) >= 11 is 0. The van der Waals surface area contributed by atoms with Crippen molar-refractivity contribution in [2.75, 3.05) is 13.2 Å². The number of rotatable bonds is 5. The molecule has 0 saturated carbocycles. The number of amides is 2. The molecule has 1 aliphatic rings. The minimum Gasteiger partial charge on any atom is -0.481 e. The molecular weight excluding hydrogens is 244 g/mol. The number of carboxylic acid groups (broad SMARTS) is 2. The van der Waals surface area contributed by atoms with Crippen molar-refractivity contribution in [1.29, 1.82) is 0 Å². The van der Waals surface area contributed by atoms with Gasteiger partial charge in [0.1, 0.15) is 6.04 Å². The molecule has 1 heterocycles. The van der Waals surface area contributed by atoms with Crippen LogP contribution in [-0.2, 0) is 14.3 Å². The molecule has 0 aromatic rings. The van der Waals surface area contributed by atoms with Gasteiger partial charge in [0, 0.05) is 6.61 Å². The van der Waals surface area contributed by atoms with Gasteiger partial charge in [-0.15, -0.1) is 0 Å². The zero-order valence-corrected chi connectivity index (χ0v) is 9.72. The molecular formula is C10H16N2O6. The molecule has 0 radical (unpaired) electrons. The van der Waals surface area contributed by atoms with E-state index in [2.05, 4.69) is 10.6 Å². The Bertz CT molecular complexity index is 326. The summed E-state index contributed by atoms with van der Waals surface area (Å²) in [6.07, 6.45) is 0.913. The van der Waals surface area contributed by atoms with Gasteiger partial charge in [-0.1, -0.05) is 0 Å². The SMILES string of the molecule is O=C(O)CC(NC(=O)NC1CCCOC1)C(=O)O. The summed E-state index contributed by atoms with van der Waals surface area (Å²) in [5, 5.41) is 21.9. The average molecular weight is 260 g/mol. The zero-order chi connectivity index (χ0) is 13.5. The molecule has 1 fully saturated rings. The van der Waals surface area contributed by atoms with Crippen LogP contribution in [0.15, 0.2) is 0 Å². The molecule has 2 amide bonds. The van der Waals surface area contributed by atoms with Gasteiger partial charge in [-0.05, 0) is 12.8 Å². The fourth-order valence-electron chi connectivity index (χ4n) is 1.61. The number of carboxylic acids is 2. The molecule has 0 aliphatic carbocycles. The predicted octanol–water partition coefficient (Wildman–Crippen LogP) is -0.608. The number of urea groups is 1. The van der Waals surface area contributed by atoms with Gasteiger partial charge in [-0.25, -0.2) is 9.59 Å². The van der Waals surface area contributed by atoms with E-state index in [0.717, 1.165) is 12.8 Å². The van der Waals surface area contributed by atoms with Crippen molar-refractivity contribution in [2.45, 2.75) is 31.3 Å². The summed E-state index contributed by atoms with van der Waals surface area (Å²) in [5.41, 5.74) is 0. The Labute approximate surface area is 103 Å². The molecule has 4 N–H and O–H groups in total. The van der Waals surface area contributed by atoms with E-state index in [9.17, 15) is 14.4 Å². The lowest BCUT2D eigenvalue weighted by molar-refractivity contribution is -0.145. The molecule has 8 nitrogen and oxygen atoms in total. The van der Waals surface area contributed by atoms with Crippen molar-refractivity contribution in [2.24, 2.45) is 0 Å². The lowest BCUT2D eigenvalue weighted by Crippen LogP contribution is -2.51. The third-order valence-corrected chi connectivity index (χ3v) is 2.48. The average Bonchev–Trinajstić information content (AvgIpc) is 2.28. The number of carbonyl (C=O) groups excluding carboxylic acids is 1. The normalized spacial score (nSPS) is 20.8. The van der Waals surface area contributed by atoms with E-state index in [4.69, 9.17) is 14.9 Å². The predicted molar refractivity (Wildman–Crippen MR) is 59.2 cm³/mol. The van der Waals surface area contributed by atoms with E-state index in [1.54, 1.807) is 0 Å². The Balaban J connectivity index is 2.40. The Hall–Kier alpha value is -1.83. The number of ether oxygens (including phenoxy) is 1. The summed E-state index contributed by atoms with van der Waals surface area (Å²) < 4.78 is 5.15. The molecule has 1 saturated heterocycles. The number of hydrogen-bond donors (Lipinski definition) is 4. The summed E-state index contributed by atoms with van der Waals surface area (Å²) in [7, 11) is 0. The van der Waals surface area contributed by atoms with Gasteiger partial charge < -0.3 is 25.6 Å². The summed E-state index contributed by atoms with van der Waals surface area (Å²) in [4.78, 5) is 32.6. The molecule has 0 aromatic carbocycles. The topological polar surface area (TPSA) is 125 Å². The number of carbonyl (C=O) groups is 3. The van der Waals surface area contributed by atoms with Crippen molar-refractivity contribution in [3.05, 3.63) is 0 Å². The van der Waals surface area contributed by atoms with Crippen LogP contribution < -0.4 is 10.6 Å². The molecule has 0 bridgehead atoms. The Morgan fingerprint density at radius 1 is 1.33 bits per heavy atom. The van der Waals surface area contributed by atoms with Crippen LogP contribution in [0.25, 0.3) is 0 Å². The maximum Gasteiger partial charge on any atom is 0.326 e. The summed E-state index contributed by atoms with van der Waals surface area (Å²) in [6.45, 7) is 1.03. The van der Waals surface area contributed by atoms with E-state index in [-0.39, 0.29) is 6.04 Å². The van der Waals surface area contributed by atoms with Crippen LogP contribution in [0.1, 0.15) is 19.3 Å². The van der Waals surface area contributed by atoms with Crippen LogP contribution in [0.3, 0.4) is 0 Å². The first-order valence-electron chi connectivity index (χ1n) is 5.58. The Morgan fingerprint density at radius 3 is 2.56 bits per heavy atom. The van der Waals surface area contributed by atoms with E-state index >= 15 is 0 Å². The minimum atomic E-state index is -1.44. The second kappa shape index (κ2) is 6.80. The Morgan fingerprint density at radius 2 is 2.06 bits per heavy atom. The maximum absolute atomic E-state index is 11.5. The van der Waals surface area contributed by atoms with Crippen LogP contribution in [0.5, 0.6) is 0 Å². The zero-order valence-electron chi connectivity index (χ0n) is 9.72. The van der Waals surface area contributed by atoms with Crippen LogP contribution >= 0.6 is 0 Å². The molecule has 2 atom stereocenters. The monoisotopic (exact) mass is 260 g/mol. The lowest BCUT2D eigenvalue weighted by atomic mass is 10.1. The standard InChI is InChI=1S/C10H16N2O6/c13-8(14)4-7(9(15)16)12-10(17)11-6-2-1-3-18-5-6/h6-7H,1-5H2,(H,13,14)(H,15,16)(H2,11,12,17). The number of nitrogens with one attached hydrogen (secondary N) is 2. The van der Waals surface area contributed by atoms with E-state index in [0.29, 0.717) is 13.2 Å². The van der Waals surface area contributed by atoms with E-state index in [1.165, 1.54) is 0 Å². The van der Waals surface area contributed by atoms with Crippen LogP contribution in [0, 0.1) is 0 Å². The van der Waals surface area contributed by atoms with Crippen LogP contribution in [0.2, 0.25) is 0 Å². The second-order valence-electron chi connectivity index (χ2n) is 4.02. The van der Waals surface area contributed by atoms with Crippen molar-refractivity contribution in [3.8, 4) is 0 Å². The quantitative estimate of drug-likeness (QED) is 0.522. The molecule has 102 valence electrons. The Kier molecular flexibility index (Phi) is 5.37. The van der Waals surface area contributed by atoms with Gasteiger partial charge in [-0.2, -0.15) is 0 Å². The van der Waals surface area contributed by atoms with Crippen LogP contribution in [0.4, 0.5) is 4.79 Å². The molecule has 0 aromatic heterocycles. The van der Waals surface area contributed by atoms with Gasteiger partial charge in [0.2, 0.25) is 0 Å². The van der Waals surface area contributed by atoms with Crippen LogP contribution in [-0.4, -0.2) is 53.5 Å². The van der Waals surface area contributed by atoms with Crippen molar-refractivity contribution >= 4 is 18.0 Å². The van der Waals surface area contributed by atoms with Gasteiger partial charge in [-0.3, -0.25) is 4.79 Å². The van der Waals surface area contributed by atoms with Crippen molar-refractivity contribution in [1.82, 2.24) is 10.6 Å². The third-order valence-electron chi connectivity index (χ3n) is 2.48. The maximum atomic E-state index is 11.5. The lowest BCUT2D eigenvalue weighted by Gasteiger charge is -2.24. The first-order valence-corrected chi connectivity index (χ1v) is 5.58. The third kappa shape index (κ3) is 5.00. The van der Waals surface area contributed by atoms with Crippen molar-refractivity contribution < 1.29 is 29.3 Å². The van der Waals surface area contributed by atoms with Crippen molar-refractivity contribution in [3.63, 3.8) is 0 Å². The molecule has 18 heavy (non-hydrogen) atoms. The first-order chi connectivity index (χ1) is 8.49. The van der Waals surface area contributed by atoms with Gasteiger partial charge in [0.15, 0.2) is 0 Å². The van der Waals surface area contributed by atoms with Gasteiger partial charge >= 0.3 is 18.0 Å². The molecule has 0 spiro atoms. The number of aliphatic carboxylic acids is 2. The molecule has 1 aliphatic heterocycles. The van der Waals surface area contributed by atoms with E-state index in [1.807, 2.05) is 0 Å². The molecule has 2 unspecified atom stereocenters. The van der Waals surface area contributed by atoms with E-state index < -0.39 is 30.4 Å². The fourth-order valence-corrected chi connectivity index (χ4v) is 1.61. The highest BCUT2D eigenvalue weighted by Gasteiger charge is 2.24. The molecule has 1 rings (SSSR count). The largest absolute Gasteiger partial charge is 0.481 e. The first kappa shape index (κ1) is 14.2. The highest BCUT2D eigenvalue weighted by Crippen LogP contribution is 2.05. The smallest absolute Gasteiger partial charge is 0.326 e. The highest BCUT2D eigenvalue weighted by atomic mass is 16.5. The molecule has 8 heteroatoms. The fraction of sp³-hybridized carbons (Fsp3) is 0.700. The second-order valence-corrected chi connectivity index (χ2v) is 4.02. The van der Waals surface area contributed by atoms with Gasteiger partial charge in [0.25, 0.3) is 0 Å². The highest BCUT2D eigenvalue weighted by molar-refractivity contribution is 5.86. The summed E-state index contributed by atoms with van der Waals surface area (Å²) in [5.74, 6) is -2.67. The number of hydrogen-bond acceptors (Lipinski definition) is 4.